The molecule has 0 amide bonds. The van der Waals surface area contributed by atoms with E-state index < -0.39 is 0 Å². The molecule has 1 unspecified atom stereocenters. The van der Waals surface area contributed by atoms with Gasteiger partial charge >= 0.3 is 0 Å². The van der Waals surface area contributed by atoms with Gasteiger partial charge in [-0.15, -0.1) is 11.3 Å². The molecule has 0 saturated heterocycles. The Bertz CT molecular complexity index is 489. The van der Waals surface area contributed by atoms with Gasteiger partial charge in [0.15, 0.2) is 0 Å². The van der Waals surface area contributed by atoms with Gasteiger partial charge in [0, 0.05) is 22.9 Å². The number of furan rings is 1. The highest BCUT2D eigenvalue weighted by Gasteiger charge is 2.14. The Labute approximate surface area is 108 Å². The Balaban J connectivity index is 2.14. The summed E-state index contributed by atoms with van der Waals surface area (Å²) in [5, 5.41) is 0. The molecule has 2 N–H and O–H groups in total. The summed E-state index contributed by atoms with van der Waals surface area (Å²) in [5.41, 5.74) is 7.29. The predicted octanol–water partition coefficient (Wildman–Crippen LogP) is 3.96. The van der Waals surface area contributed by atoms with Crippen molar-refractivity contribution >= 4 is 27.3 Å². The summed E-state index contributed by atoms with van der Waals surface area (Å²) in [6.07, 6.45) is 0.857. The highest BCUT2D eigenvalue weighted by molar-refractivity contribution is 9.11. The maximum absolute atomic E-state index is 6.18. The molecule has 0 aliphatic rings. The fourth-order valence-electron chi connectivity index (χ4n) is 1.81. The SMILES string of the molecule is Cc1cc(C(N)Cc2ccc(Br)s2)c(C)o1. The molecule has 2 heterocycles. The van der Waals surface area contributed by atoms with Crippen LogP contribution in [0.5, 0.6) is 0 Å². The third kappa shape index (κ3) is 2.56. The third-order valence-corrected chi connectivity index (χ3v) is 4.17. The van der Waals surface area contributed by atoms with Crippen LogP contribution in [0.3, 0.4) is 0 Å². The minimum atomic E-state index is 0.0167. The second-order valence-corrected chi connectivity index (χ2v) is 6.43. The van der Waals surface area contributed by atoms with Gasteiger partial charge in [-0.25, -0.2) is 0 Å². The molecule has 0 radical (unpaired) electrons. The lowest BCUT2D eigenvalue weighted by Crippen LogP contribution is -2.12. The van der Waals surface area contributed by atoms with Crippen molar-refractivity contribution in [2.75, 3.05) is 0 Å². The summed E-state index contributed by atoms with van der Waals surface area (Å²) in [6.45, 7) is 3.91. The van der Waals surface area contributed by atoms with Crippen molar-refractivity contribution in [3.8, 4) is 0 Å². The standard InChI is InChI=1S/C12H14BrNOS/c1-7-5-10(8(2)15-7)11(14)6-9-3-4-12(13)16-9/h3-5,11H,6,14H2,1-2H3. The topological polar surface area (TPSA) is 39.2 Å². The highest BCUT2D eigenvalue weighted by Crippen LogP contribution is 2.28. The predicted molar refractivity (Wildman–Crippen MR) is 70.8 cm³/mol. The molecule has 0 aromatic carbocycles. The van der Waals surface area contributed by atoms with E-state index in [1.807, 2.05) is 19.9 Å². The lowest BCUT2D eigenvalue weighted by Gasteiger charge is -2.08. The summed E-state index contributed by atoms with van der Waals surface area (Å²) in [5.74, 6) is 1.86. The molecule has 16 heavy (non-hydrogen) atoms. The molecule has 4 heteroatoms. The van der Waals surface area contributed by atoms with Gasteiger partial charge in [-0.05, 0) is 48.0 Å². The summed E-state index contributed by atoms with van der Waals surface area (Å²) in [7, 11) is 0. The van der Waals surface area contributed by atoms with E-state index in [9.17, 15) is 0 Å². The number of thiophene rings is 1. The quantitative estimate of drug-likeness (QED) is 0.931. The van der Waals surface area contributed by atoms with Crippen molar-refractivity contribution in [1.82, 2.24) is 0 Å². The fourth-order valence-corrected chi connectivity index (χ4v) is 3.35. The maximum Gasteiger partial charge on any atom is 0.105 e. The Kier molecular flexibility index (Phi) is 3.52. The van der Waals surface area contributed by atoms with Crippen LogP contribution in [0.15, 0.2) is 26.4 Å². The van der Waals surface area contributed by atoms with Crippen molar-refractivity contribution < 1.29 is 4.42 Å². The first kappa shape index (κ1) is 11.9. The van der Waals surface area contributed by atoms with Crippen LogP contribution in [0.4, 0.5) is 0 Å². The third-order valence-electron chi connectivity index (χ3n) is 2.53. The van der Waals surface area contributed by atoms with Crippen LogP contribution < -0.4 is 5.73 Å². The van der Waals surface area contributed by atoms with Gasteiger partial charge in [0.05, 0.1) is 3.79 Å². The molecule has 0 aliphatic carbocycles. The number of hydrogen-bond donors (Lipinski definition) is 1. The van der Waals surface area contributed by atoms with E-state index in [1.54, 1.807) is 11.3 Å². The zero-order valence-corrected chi connectivity index (χ0v) is 11.7. The van der Waals surface area contributed by atoms with Gasteiger partial charge in [0.1, 0.15) is 11.5 Å². The number of nitrogens with two attached hydrogens (primary N) is 1. The van der Waals surface area contributed by atoms with E-state index in [2.05, 4.69) is 28.1 Å². The molecular formula is C12H14BrNOS. The zero-order valence-electron chi connectivity index (χ0n) is 9.29. The molecule has 0 bridgehead atoms. The van der Waals surface area contributed by atoms with E-state index in [4.69, 9.17) is 10.2 Å². The normalized spacial score (nSPS) is 13.0. The van der Waals surface area contributed by atoms with Crippen LogP contribution in [0.2, 0.25) is 0 Å². The van der Waals surface area contributed by atoms with Crippen LogP contribution in [0, 0.1) is 13.8 Å². The molecule has 0 spiro atoms. The Morgan fingerprint density at radius 2 is 2.19 bits per heavy atom. The van der Waals surface area contributed by atoms with E-state index in [1.165, 1.54) is 4.88 Å². The van der Waals surface area contributed by atoms with Gasteiger partial charge in [0.25, 0.3) is 0 Å². The molecule has 0 aliphatic heterocycles. The molecule has 0 saturated carbocycles. The fraction of sp³-hybridized carbons (Fsp3) is 0.333. The van der Waals surface area contributed by atoms with E-state index in [-0.39, 0.29) is 6.04 Å². The van der Waals surface area contributed by atoms with Gasteiger partial charge in [0.2, 0.25) is 0 Å². The Morgan fingerprint density at radius 3 is 2.69 bits per heavy atom. The average molecular weight is 300 g/mol. The highest BCUT2D eigenvalue weighted by atomic mass is 79.9. The molecule has 2 rings (SSSR count). The van der Waals surface area contributed by atoms with Crippen molar-refractivity contribution in [2.45, 2.75) is 26.3 Å². The van der Waals surface area contributed by atoms with Gasteiger partial charge in [-0.2, -0.15) is 0 Å². The molecule has 1 atom stereocenters. The largest absolute Gasteiger partial charge is 0.466 e. The van der Waals surface area contributed by atoms with Gasteiger partial charge < -0.3 is 10.2 Å². The van der Waals surface area contributed by atoms with Crippen LogP contribution >= 0.6 is 27.3 Å². The first-order chi connectivity index (χ1) is 7.56. The van der Waals surface area contributed by atoms with E-state index in [0.29, 0.717) is 0 Å². The summed E-state index contributed by atoms with van der Waals surface area (Å²) >= 11 is 5.19. The number of halogens is 1. The molecule has 0 fully saturated rings. The van der Waals surface area contributed by atoms with Crippen LogP contribution in [0.1, 0.15) is 28.0 Å². The molecular weight excluding hydrogens is 286 g/mol. The van der Waals surface area contributed by atoms with Crippen LogP contribution in [-0.2, 0) is 6.42 Å². The number of rotatable bonds is 3. The molecule has 2 nitrogen and oxygen atoms in total. The summed E-state index contributed by atoms with van der Waals surface area (Å²) in [4.78, 5) is 1.29. The van der Waals surface area contributed by atoms with Crippen molar-refractivity contribution in [3.63, 3.8) is 0 Å². The summed E-state index contributed by atoms with van der Waals surface area (Å²) in [6, 6.07) is 6.21. The first-order valence-corrected chi connectivity index (χ1v) is 6.74. The molecule has 2 aromatic heterocycles. The lowest BCUT2D eigenvalue weighted by atomic mass is 10.0. The lowest BCUT2D eigenvalue weighted by molar-refractivity contribution is 0.497. The number of hydrogen-bond acceptors (Lipinski definition) is 3. The second kappa shape index (κ2) is 4.73. The molecule has 2 aromatic rings. The second-order valence-electron chi connectivity index (χ2n) is 3.89. The maximum atomic E-state index is 6.18. The van der Waals surface area contributed by atoms with Crippen molar-refractivity contribution in [2.24, 2.45) is 5.73 Å². The zero-order chi connectivity index (χ0) is 11.7. The van der Waals surface area contributed by atoms with E-state index in [0.717, 1.165) is 27.3 Å². The first-order valence-electron chi connectivity index (χ1n) is 5.13. The van der Waals surface area contributed by atoms with Crippen LogP contribution in [-0.4, -0.2) is 0 Å². The molecule has 86 valence electrons. The minimum absolute atomic E-state index is 0.0167. The minimum Gasteiger partial charge on any atom is -0.466 e. The smallest absolute Gasteiger partial charge is 0.105 e. The average Bonchev–Trinajstić information content (AvgIpc) is 2.73. The Morgan fingerprint density at radius 1 is 1.44 bits per heavy atom. The summed E-state index contributed by atoms with van der Waals surface area (Å²) < 4.78 is 6.64. The van der Waals surface area contributed by atoms with Crippen LogP contribution in [0.25, 0.3) is 0 Å². The van der Waals surface area contributed by atoms with Gasteiger partial charge in [-0.3, -0.25) is 0 Å². The Hall–Kier alpha value is -0.580. The van der Waals surface area contributed by atoms with Crippen molar-refractivity contribution in [3.05, 3.63) is 43.9 Å². The van der Waals surface area contributed by atoms with Gasteiger partial charge in [-0.1, -0.05) is 0 Å². The monoisotopic (exact) mass is 299 g/mol. The number of aryl methyl sites for hydroxylation is 2. The van der Waals surface area contributed by atoms with E-state index >= 15 is 0 Å². The van der Waals surface area contributed by atoms with Crippen molar-refractivity contribution in [1.29, 1.82) is 0 Å².